The van der Waals surface area contributed by atoms with Crippen molar-refractivity contribution in [1.29, 1.82) is 0 Å². The van der Waals surface area contributed by atoms with Gasteiger partial charge in [0.2, 0.25) is 0 Å². The van der Waals surface area contributed by atoms with E-state index in [-0.39, 0.29) is 46.6 Å². The molecule has 0 aromatic heterocycles. The minimum atomic E-state index is -1.15. The minimum absolute atomic E-state index is 0.0382. The molecule has 0 radical (unpaired) electrons. The van der Waals surface area contributed by atoms with E-state index in [1.165, 1.54) is 24.3 Å². The van der Waals surface area contributed by atoms with Gasteiger partial charge in [-0.1, -0.05) is 23.2 Å². The first-order valence-electron chi connectivity index (χ1n) is 12.3. The Morgan fingerprint density at radius 2 is 1.39 bits per heavy atom. The van der Waals surface area contributed by atoms with Gasteiger partial charge in [-0.2, -0.15) is 0 Å². The molecule has 1 unspecified atom stereocenters. The number of hydrogen-bond acceptors (Lipinski definition) is 5. The van der Waals surface area contributed by atoms with Crippen molar-refractivity contribution in [2.75, 3.05) is 13.2 Å². The second-order valence-corrected chi connectivity index (χ2v) is 11.5. The maximum atomic E-state index is 13.7. The smallest absolute Gasteiger partial charge is 0.258 e. The molecule has 1 atom stereocenters. The van der Waals surface area contributed by atoms with Crippen LogP contribution in [-0.4, -0.2) is 46.8 Å². The van der Waals surface area contributed by atoms with Crippen LogP contribution in [0.4, 0.5) is 8.78 Å². The Balaban J connectivity index is 1.38. The third-order valence-corrected chi connectivity index (χ3v) is 8.14. The van der Waals surface area contributed by atoms with Crippen molar-refractivity contribution in [3.63, 3.8) is 0 Å². The molecule has 0 aliphatic heterocycles. The summed E-state index contributed by atoms with van der Waals surface area (Å²) < 4.78 is 38.2. The molecule has 38 heavy (non-hydrogen) atoms. The monoisotopic (exact) mass is 570 g/mol. The first kappa shape index (κ1) is 28.4. The highest BCUT2D eigenvalue weighted by molar-refractivity contribution is 6.31. The summed E-state index contributed by atoms with van der Waals surface area (Å²) in [6.07, 6.45) is 2.69. The molecule has 0 heterocycles. The van der Waals surface area contributed by atoms with Gasteiger partial charge < -0.3 is 25.2 Å². The molecular formula is C27H30Cl2F2N2O5. The Morgan fingerprint density at radius 1 is 0.921 bits per heavy atom. The van der Waals surface area contributed by atoms with Gasteiger partial charge in [-0.05, 0) is 70.2 Å². The van der Waals surface area contributed by atoms with Crippen LogP contribution in [0.2, 0.25) is 10.0 Å². The molecule has 3 aliphatic rings. The molecular weight excluding hydrogens is 541 g/mol. The Labute approximate surface area is 229 Å². The normalized spacial score (nSPS) is 24.6. The number of carbonyl (C=O) groups is 2. The Bertz CT molecular complexity index is 1210. The van der Waals surface area contributed by atoms with Gasteiger partial charge in [-0.15, -0.1) is 0 Å². The van der Waals surface area contributed by atoms with Crippen LogP contribution in [0.25, 0.3) is 0 Å². The Hall–Kier alpha value is -2.62. The molecule has 7 nitrogen and oxygen atoms in total. The number of hydrogen-bond donors (Lipinski definition) is 3. The van der Waals surface area contributed by atoms with Crippen LogP contribution in [-0.2, 0) is 9.59 Å². The maximum absolute atomic E-state index is 13.7. The Kier molecular flexibility index (Phi) is 8.12. The van der Waals surface area contributed by atoms with Crippen molar-refractivity contribution >= 4 is 35.0 Å². The number of aliphatic hydroxyl groups is 1. The van der Waals surface area contributed by atoms with E-state index in [1.807, 2.05) is 0 Å². The molecule has 11 heteroatoms. The number of rotatable bonds is 9. The van der Waals surface area contributed by atoms with Gasteiger partial charge >= 0.3 is 0 Å². The molecule has 5 rings (SSSR count). The van der Waals surface area contributed by atoms with Gasteiger partial charge in [0.25, 0.3) is 11.8 Å². The average Bonchev–Trinajstić information content (AvgIpc) is 2.85. The van der Waals surface area contributed by atoms with Crippen molar-refractivity contribution in [1.82, 2.24) is 10.6 Å². The van der Waals surface area contributed by atoms with Gasteiger partial charge in [0.1, 0.15) is 23.1 Å². The second-order valence-electron chi connectivity index (χ2n) is 10.7. The molecule has 3 N–H and O–H groups in total. The van der Waals surface area contributed by atoms with Gasteiger partial charge in [0, 0.05) is 29.1 Å². The Morgan fingerprint density at radius 3 is 1.84 bits per heavy atom. The lowest BCUT2D eigenvalue weighted by Crippen LogP contribution is -2.71. The van der Waals surface area contributed by atoms with Crippen molar-refractivity contribution in [3.8, 4) is 11.5 Å². The number of benzene rings is 2. The summed E-state index contributed by atoms with van der Waals surface area (Å²) in [6, 6.07) is 7.88. The first-order valence-corrected chi connectivity index (χ1v) is 13.1. The molecule has 3 saturated carbocycles. The molecule has 2 aromatic carbocycles. The summed E-state index contributed by atoms with van der Waals surface area (Å²) in [4.78, 5) is 25.6. The largest absolute Gasteiger partial charge is 0.484 e. The zero-order chi connectivity index (χ0) is 27.7. The van der Waals surface area contributed by atoms with E-state index in [9.17, 15) is 23.5 Å². The SMILES string of the molecule is CC(C)(O)C1CC2(NC(=O)COc3ccc(Cl)c(F)c3)CCC1(NC(=O)COc1ccc(Cl)c(F)c1)CC2. The van der Waals surface area contributed by atoms with E-state index in [0.29, 0.717) is 32.1 Å². The molecule has 3 aliphatic carbocycles. The first-order chi connectivity index (χ1) is 17.8. The highest BCUT2D eigenvalue weighted by atomic mass is 35.5. The maximum Gasteiger partial charge on any atom is 0.258 e. The fourth-order valence-electron chi connectivity index (χ4n) is 5.70. The molecule has 3 fully saturated rings. The summed E-state index contributed by atoms with van der Waals surface area (Å²) in [6.45, 7) is 2.74. The summed E-state index contributed by atoms with van der Waals surface area (Å²) in [5.74, 6) is -2.04. The summed E-state index contributed by atoms with van der Waals surface area (Å²) in [5.41, 5.74) is -2.41. The number of carbonyl (C=O) groups excluding carboxylic acids is 2. The van der Waals surface area contributed by atoms with Crippen molar-refractivity contribution in [2.24, 2.45) is 5.92 Å². The third-order valence-electron chi connectivity index (χ3n) is 7.53. The van der Waals surface area contributed by atoms with Gasteiger partial charge in [0.05, 0.1) is 15.6 Å². The predicted molar refractivity (Wildman–Crippen MR) is 138 cm³/mol. The lowest BCUT2D eigenvalue weighted by atomic mass is 9.52. The summed E-state index contributed by atoms with van der Waals surface area (Å²) >= 11 is 11.4. The zero-order valence-electron chi connectivity index (χ0n) is 21.1. The van der Waals surface area contributed by atoms with Crippen LogP contribution in [0, 0.1) is 17.6 Å². The topological polar surface area (TPSA) is 96.9 Å². The number of halogens is 4. The van der Waals surface area contributed by atoms with E-state index >= 15 is 0 Å². The highest BCUT2D eigenvalue weighted by Crippen LogP contribution is 2.53. The molecule has 0 saturated heterocycles. The van der Waals surface area contributed by atoms with E-state index in [4.69, 9.17) is 32.7 Å². The van der Waals surface area contributed by atoms with Crippen LogP contribution < -0.4 is 20.1 Å². The summed E-state index contributed by atoms with van der Waals surface area (Å²) in [7, 11) is 0. The lowest BCUT2D eigenvalue weighted by molar-refractivity contribution is -0.142. The quantitative estimate of drug-likeness (QED) is 0.402. The van der Waals surface area contributed by atoms with Gasteiger partial charge in [-0.25, -0.2) is 8.78 Å². The van der Waals surface area contributed by atoms with E-state index in [0.717, 1.165) is 12.1 Å². The highest BCUT2D eigenvalue weighted by Gasteiger charge is 2.59. The molecule has 206 valence electrons. The molecule has 2 aromatic rings. The van der Waals surface area contributed by atoms with E-state index in [1.54, 1.807) is 13.8 Å². The summed E-state index contributed by atoms with van der Waals surface area (Å²) in [5, 5.41) is 17.1. The molecule has 2 amide bonds. The van der Waals surface area contributed by atoms with Gasteiger partial charge in [0.15, 0.2) is 13.2 Å². The standard InChI is InChI=1S/C27H30Cl2F2N2O5/c1-25(2,36)22-13-26(32-23(34)14-37-16-3-5-18(28)20(30)11-16)7-9-27(22,10-8-26)33-24(35)15-38-17-4-6-19(29)21(31)12-17/h3-6,11-12,22,36H,7-10,13-15H2,1-2H3,(H,32,34)(H,33,35). The zero-order valence-corrected chi connectivity index (χ0v) is 22.6. The van der Waals surface area contributed by atoms with Crippen LogP contribution in [0.3, 0.4) is 0 Å². The van der Waals surface area contributed by atoms with E-state index < -0.39 is 34.2 Å². The van der Waals surface area contributed by atoms with Crippen LogP contribution >= 0.6 is 23.2 Å². The lowest BCUT2D eigenvalue weighted by Gasteiger charge is -2.60. The predicted octanol–water partition coefficient (Wildman–Crippen LogP) is 4.80. The number of ether oxygens (including phenoxy) is 2. The minimum Gasteiger partial charge on any atom is -0.484 e. The fraction of sp³-hybridized carbons (Fsp3) is 0.481. The van der Waals surface area contributed by atoms with Crippen LogP contribution in [0.5, 0.6) is 11.5 Å². The van der Waals surface area contributed by atoms with Crippen molar-refractivity contribution in [2.45, 2.75) is 62.6 Å². The van der Waals surface area contributed by atoms with Crippen LogP contribution in [0.15, 0.2) is 36.4 Å². The number of nitrogens with one attached hydrogen (secondary N) is 2. The van der Waals surface area contributed by atoms with Gasteiger partial charge in [-0.3, -0.25) is 9.59 Å². The van der Waals surface area contributed by atoms with Crippen LogP contribution in [0.1, 0.15) is 46.0 Å². The number of fused-ring (bicyclic) bond motifs is 3. The van der Waals surface area contributed by atoms with Crippen molar-refractivity contribution < 1.29 is 33.0 Å². The molecule has 2 bridgehead atoms. The van der Waals surface area contributed by atoms with Crippen molar-refractivity contribution in [3.05, 3.63) is 58.1 Å². The molecule has 0 spiro atoms. The number of amides is 2. The third kappa shape index (κ3) is 6.33. The van der Waals surface area contributed by atoms with E-state index in [2.05, 4.69) is 10.6 Å². The second kappa shape index (κ2) is 10.9. The fourth-order valence-corrected chi connectivity index (χ4v) is 5.94. The average molecular weight is 571 g/mol.